The molecule has 1 aliphatic carbocycles. The highest BCUT2D eigenvalue weighted by molar-refractivity contribution is 6.38. The second kappa shape index (κ2) is 11.9. The van der Waals surface area contributed by atoms with E-state index in [1.54, 1.807) is 4.90 Å². The van der Waals surface area contributed by atoms with Gasteiger partial charge in [0.15, 0.2) is 0 Å². The zero-order chi connectivity index (χ0) is 23.8. The van der Waals surface area contributed by atoms with Gasteiger partial charge in [0.25, 0.3) is 5.91 Å². The maximum atomic E-state index is 13.7. The van der Waals surface area contributed by atoms with E-state index in [0.29, 0.717) is 25.9 Å². The maximum absolute atomic E-state index is 13.7. The van der Waals surface area contributed by atoms with Gasteiger partial charge >= 0.3 is 0 Å². The van der Waals surface area contributed by atoms with Crippen LogP contribution in [-0.4, -0.2) is 47.2 Å². The Labute approximate surface area is 202 Å². The molecule has 1 saturated heterocycles. The number of hydrogen-bond acceptors (Lipinski definition) is 4. The number of likely N-dealkylation sites (tertiary alicyclic amines) is 1. The van der Waals surface area contributed by atoms with Crippen LogP contribution in [0.5, 0.6) is 0 Å². The van der Waals surface area contributed by atoms with E-state index in [1.165, 1.54) is 6.42 Å². The number of rotatable bonds is 9. The van der Waals surface area contributed by atoms with Gasteiger partial charge in [0.1, 0.15) is 6.04 Å². The summed E-state index contributed by atoms with van der Waals surface area (Å²) in [7, 11) is 0. The molecule has 2 aromatic rings. The molecule has 1 heterocycles. The van der Waals surface area contributed by atoms with Crippen molar-refractivity contribution in [1.29, 1.82) is 0 Å². The van der Waals surface area contributed by atoms with Gasteiger partial charge in [-0.2, -0.15) is 0 Å². The number of nitrogens with zero attached hydrogens (tertiary/aromatic N) is 1. The summed E-state index contributed by atoms with van der Waals surface area (Å²) in [5.41, 5.74) is 2.15. The van der Waals surface area contributed by atoms with Gasteiger partial charge in [-0.05, 0) is 43.2 Å². The number of amides is 2. The van der Waals surface area contributed by atoms with E-state index in [0.717, 1.165) is 43.2 Å². The van der Waals surface area contributed by atoms with E-state index in [1.807, 2.05) is 60.7 Å². The lowest BCUT2D eigenvalue weighted by molar-refractivity contribution is -0.145. The molecule has 0 bridgehead atoms. The molecule has 1 saturated carbocycles. The van der Waals surface area contributed by atoms with Crippen molar-refractivity contribution in [3.05, 3.63) is 71.8 Å². The summed E-state index contributed by atoms with van der Waals surface area (Å²) in [6, 6.07) is 18.8. The van der Waals surface area contributed by atoms with Crippen molar-refractivity contribution in [2.45, 2.75) is 76.0 Å². The molecule has 2 fully saturated rings. The van der Waals surface area contributed by atoms with Crippen LogP contribution in [0.2, 0.25) is 0 Å². The fourth-order valence-electron chi connectivity index (χ4n) is 5.09. The topological polar surface area (TPSA) is 78.5 Å². The third kappa shape index (κ3) is 6.32. The van der Waals surface area contributed by atoms with Crippen LogP contribution in [0, 0.1) is 0 Å². The highest BCUT2D eigenvalue weighted by Gasteiger charge is 2.39. The van der Waals surface area contributed by atoms with Crippen molar-refractivity contribution in [1.82, 2.24) is 15.5 Å². The lowest BCUT2D eigenvalue weighted by Crippen LogP contribution is -2.54. The Hall–Kier alpha value is -2.99. The first-order chi connectivity index (χ1) is 16.6. The van der Waals surface area contributed by atoms with E-state index in [-0.39, 0.29) is 11.9 Å². The van der Waals surface area contributed by atoms with Crippen LogP contribution in [0.25, 0.3) is 0 Å². The van der Waals surface area contributed by atoms with Crippen molar-refractivity contribution in [3.8, 4) is 0 Å². The summed E-state index contributed by atoms with van der Waals surface area (Å²) in [6.45, 7) is 1.06. The van der Waals surface area contributed by atoms with Crippen molar-refractivity contribution in [2.24, 2.45) is 0 Å². The summed E-state index contributed by atoms with van der Waals surface area (Å²) in [4.78, 5) is 41.1. The monoisotopic (exact) mass is 461 g/mol. The standard InChI is InChI=1S/C28H35N3O3/c32-26(27(33)30-23-15-8-3-9-16-23)25-17-10-18-31(25)28(34)24(19-21-11-4-1-5-12-21)29-20-22-13-6-2-7-14-22/h1-2,4-7,11-14,23-25,29H,3,8-10,15-20H2,(H,30,33)/t24-,25-/m0/s1. The summed E-state index contributed by atoms with van der Waals surface area (Å²) < 4.78 is 0. The van der Waals surface area contributed by atoms with Crippen LogP contribution in [0.3, 0.4) is 0 Å². The molecule has 2 amide bonds. The molecule has 0 spiro atoms. The Bertz CT molecular complexity index is 957. The zero-order valence-corrected chi connectivity index (χ0v) is 19.7. The molecule has 0 unspecified atom stereocenters. The summed E-state index contributed by atoms with van der Waals surface area (Å²) in [5, 5.41) is 6.34. The van der Waals surface area contributed by atoms with Gasteiger partial charge in [-0.15, -0.1) is 0 Å². The molecular formula is C28H35N3O3. The predicted molar refractivity (Wildman–Crippen MR) is 132 cm³/mol. The van der Waals surface area contributed by atoms with Crippen molar-refractivity contribution >= 4 is 17.6 Å². The largest absolute Gasteiger partial charge is 0.347 e. The first-order valence-corrected chi connectivity index (χ1v) is 12.6. The normalized spacial score (nSPS) is 19.5. The van der Waals surface area contributed by atoms with E-state index >= 15 is 0 Å². The minimum Gasteiger partial charge on any atom is -0.347 e. The van der Waals surface area contributed by atoms with Gasteiger partial charge in [0, 0.05) is 19.1 Å². The van der Waals surface area contributed by atoms with Crippen LogP contribution in [0.4, 0.5) is 0 Å². The average Bonchev–Trinajstić information content (AvgIpc) is 3.37. The van der Waals surface area contributed by atoms with Crippen LogP contribution in [0.1, 0.15) is 56.1 Å². The van der Waals surface area contributed by atoms with Gasteiger partial charge in [-0.25, -0.2) is 0 Å². The minimum atomic E-state index is -0.673. The van der Waals surface area contributed by atoms with E-state index in [9.17, 15) is 14.4 Å². The van der Waals surface area contributed by atoms with E-state index < -0.39 is 23.8 Å². The van der Waals surface area contributed by atoms with Crippen LogP contribution in [-0.2, 0) is 27.3 Å². The van der Waals surface area contributed by atoms with Gasteiger partial charge in [0.05, 0.1) is 6.04 Å². The molecule has 0 aromatic heterocycles. The Morgan fingerprint density at radius 2 is 1.47 bits per heavy atom. The second-order valence-electron chi connectivity index (χ2n) is 9.47. The van der Waals surface area contributed by atoms with Gasteiger partial charge < -0.3 is 15.5 Å². The summed E-state index contributed by atoms with van der Waals surface area (Å²) in [6.07, 6.45) is 7.00. The zero-order valence-electron chi connectivity index (χ0n) is 19.7. The lowest BCUT2D eigenvalue weighted by atomic mass is 9.95. The Morgan fingerprint density at radius 1 is 0.824 bits per heavy atom. The second-order valence-corrected chi connectivity index (χ2v) is 9.47. The molecule has 2 aromatic carbocycles. The van der Waals surface area contributed by atoms with E-state index in [2.05, 4.69) is 10.6 Å². The Morgan fingerprint density at radius 3 is 2.15 bits per heavy atom. The average molecular weight is 462 g/mol. The molecular weight excluding hydrogens is 426 g/mol. The molecule has 0 radical (unpaired) electrons. The quantitative estimate of drug-likeness (QED) is 0.561. The highest BCUT2D eigenvalue weighted by Crippen LogP contribution is 2.22. The SMILES string of the molecule is O=C(NC1CCCCC1)C(=O)[C@@H]1CCCN1C(=O)[C@H](Cc1ccccc1)NCc1ccccc1. The molecule has 6 heteroatoms. The molecule has 34 heavy (non-hydrogen) atoms. The maximum Gasteiger partial charge on any atom is 0.289 e. The first-order valence-electron chi connectivity index (χ1n) is 12.6. The number of nitrogens with one attached hydrogen (secondary N) is 2. The third-order valence-electron chi connectivity index (χ3n) is 6.98. The molecule has 1 aliphatic heterocycles. The smallest absolute Gasteiger partial charge is 0.289 e. The van der Waals surface area contributed by atoms with E-state index in [4.69, 9.17) is 0 Å². The number of carbonyl (C=O) groups is 3. The third-order valence-corrected chi connectivity index (χ3v) is 6.98. The number of benzene rings is 2. The Kier molecular flexibility index (Phi) is 8.47. The molecule has 4 rings (SSSR count). The molecule has 2 aliphatic rings. The molecule has 2 N–H and O–H groups in total. The lowest BCUT2D eigenvalue weighted by Gasteiger charge is -2.29. The van der Waals surface area contributed by atoms with Gasteiger partial charge in [-0.3, -0.25) is 14.4 Å². The number of Topliss-reactive ketones (excluding diaryl/α,β-unsaturated/α-hetero) is 1. The van der Waals surface area contributed by atoms with Crippen LogP contribution < -0.4 is 10.6 Å². The summed E-state index contributed by atoms with van der Waals surface area (Å²) in [5.74, 6) is -1.12. The fourth-order valence-corrected chi connectivity index (χ4v) is 5.09. The van der Waals surface area contributed by atoms with Gasteiger partial charge in [0.2, 0.25) is 11.7 Å². The Balaban J connectivity index is 1.44. The fraction of sp³-hybridized carbons (Fsp3) is 0.464. The molecule has 2 atom stereocenters. The van der Waals surface area contributed by atoms with Crippen molar-refractivity contribution in [3.63, 3.8) is 0 Å². The first kappa shape index (κ1) is 24.1. The number of carbonyl (C=O) groups excluding carboxylic acids is 3. The minimum absolute atomic E-state index is 0.0779. The van der Waals surface area contributed by atoms with Crippen molar-refractivity contribution in [2.75, 3.05) is 6.54 Å². The highest BCUT2D eigenvalue weighted by atomic mass is 16.2. The number of ketones is 1. The van der Waals surface area contributed by atoms with Gasteiger partial charge in [-0.1, -0.05) is 79.9 Å². The van der Waals surface area contributed by atoms with Crippen molar-refractivity contribution < 1.29 is 14.4 Å². The number of hydrogen-bond donors (Lipinski definition) is 2. The van der Waals surface area contributed by atoms with Crippen LogP contribution in [0.15, 0.2) is 60.7 Å². The molecule has 180 valence electrons. The summed E-state index contributed by atoms with van der Waals surface area (Å²) >= 11 is 0. The predicted octanol–water partition coefficient (Wildman–Crippen LogP) is 3.40. The van der Waals surface area contributed by atoms with Crippen LogP contribution >= 0.6 is 0 Å². The molecule has 6 nitrogen and oxygen atoms in total.